The maximum atomic E-state index is 5.51. The van der Waals surface area contributed by atoms with Crippen molar-refractivity contribution in [3.05, 3.63) is 126 Å². The Bertz CT molecular complexity index is 2460. The van der Waals surface area contributed by atoms with E-state index in [1.807, 2.05) is 12.3 Å². The van der Waals surface area contributed by atoms with Crippen LogP contribution in [0.3, 0.4) is 0 Å². The molecule has 10 rings (SSSR count). The van der Waals surface area contributed by atoms with Crippen molar-refractivity contribution < 1.29 is 0 Å². The van der Waals surface area contributed by atoms with Crippen molar-refractivity contribution in [2.24, 2.45) is 4.99 Å². The Labute approximate surface area is 255 Å². The van der Waals surface area contributed by atoms with Gasteiger partial charge in [-0.25, -0.2) is 0 Å². The van der Waals surface area contributed by atoms with Gasteiger partial charge in [0.05, 0.1) is 27.9 Å². The summed E-state index contributed by atoms with van der Waals surface area (Å²) >= 11 is 0. The van der Waals surface area contributed by atoms with Gasteiger partial charge in [0.1, 0.15) is 0 Å². The third-order valence-electron chi connectivity index (χ3n) is 10.4. The van der Waals surface area contributed by atoms with Crippen molar-refractivity contribution >= 4 is 60.3 Å². The van der Waals surface area contributed by atoms with Crippen LogP contribution < -0.4 is 0 Å². The highest BCUT2D eigenvalue weighted by atomic mass is 14.9. The third kappa shape index (κ3) is 3.33. The van der Waals surface area contributed by atoms with Crippen molar-refractivity contribution in [2.45, 2.75) is 44.4 Å². The number of rotatable bonds is 1. The van der Waals surface area contributed by atoms with Gasteiger partial charge in [-0.3, -0.25) is 9.98 Å². The van der Waals surface area contributed by atoms with Crippen LogP contribution in [-0.4, -0.2) is 15.1 Å². The van der Waals surface area contributed by atoms with Gasteiger partial charge in [-0.2, -0.15) is 0 Å². The molecule has 0 radical (unpaired) electrons. The predicted octanol–water partition coefficient (Wildman–Crippen LogP) is 10.6. The van der Waals surface area contributed by atoms with E-state index in [0.29, 0.717) is 0 Å². The molecule has 0 fully saturated rings. The molecule has 0 saturated carbocycles. The molecule has 4 heterocycles. The molecule has 3 aromatic heterocycles. The molecular weight excluding hydrogens is 534 g/mol. The summed E-state index contributed by atoms with van der Waals surface area (Å²) in [5, 5.41) is 8.08. The van der Waals surface area contributed by atoms with Crippen molar-refractivity contribution in [3.63, 3.8) is 0 Å². The first kappa shape index (κ1) is 24.4. The highest BCUT2D eigenvalue weighted by Crippen LogP contribution is 2.51. The van der Waals surface area contributed by atoms with Crippen molar-refractivity contribution in [1.82, 2.24) is 9.38 Å². The lowest BCUT2D eigenvalue weighted by Gasteiger charge is -2.24. The van der Waals surface area contributed by atoms with Crippen LogP contribution in [0.1, 0.15) is 48.4 Å². The Morgan fingerprint density at radius 3 is 2.34 bits per heavy atom. The van der Waals surface area contributed by atoms with Crippen LogP contribution in [0.25, 0.3) is 60.0 Å². The second kappa shape index (κ2) is 9.24. The molecule has 2 aliphatic rings. The molecule has 1 atom stereocenters. The summed E-state index contributed by atoms with van der Waals surface area (Å²) < 4.78 is 2.53. The average molecular weight is 566 g/mol. The molecular formula is C41H31N3. The van der Waals surface area contributed by atoms with E-state index in [4.69, 9.17) is 9.98 Å². The summed E-state index contributed by atoms with van der Waals surface area (Å²) in [4.78, 5) is 10.3. The Morgan fingerprint density at radius 1 is 0.659 bits per heavy atom. The molecule has 0 amide bonds. The number of aryl methyl sites for hydroxylation is 2. The summed E-state index contributed by atoms with van der Waals surface area (Å²) in [5.41, 5.74) is 13.2. The van der Waals surface area contributed by atoms with Gasteiger partial charge in [0.25, 0.3) is 0 Å². The number of hydrogen-bond acceptors (Lipinski definition) is 2. The highest BCUT2D eigenvalue weighted by Gasteiger charge is 2.33. The summed E-state index contributed by atoms with van der Waals surface area (Å²) in [6, 6.07) is 38.4. The first-order valence-corrected chi connectivity index (χ1v) is 16.1. The van der Waals surface area contributed by atoms with Gasteiger partial charge in [0.15, 0.2) is 0 Å². The quantitative estimate of drug-likeness (QED) is 0.195. The monoisotopic (exact) mass is 565 g/mol. The molecule has 8 aromatic rings. The number of benzene rings is 5. The lowest BCUT2D eigenvalue weighted by Crippen LogP contribution is -2.15. The number of nitrogens with zero attached hydrogens (tertiary/aromatic N) is 3. The topological polar surface area (TPSA) is 29.7 Å². The smallest absolute Gasteiger partial charge is 0.0844 e. The molecule has 5 aromatic carbocycles. The van der Waals surface area contributed by atoms with E-state index >= 15 is 0 Å². The van der Waals surface area contributed by atoms with Gasteiger partial charge in [-0.05, 0) is 102 Å². The zero-order valence-electron chi connectivity index (χ0n) is 24.6. The van der Waals surface area contributed by atoms with Crippen molar-refractivity contribution in [1.29, 1.82) is 0 Å². The largest absolute Gasteiger partial charge is 0.308 e. The maximum Gasteiger partial charge on any atom is 0.0844 e. The number of pyridine rings is 1. The minimum atomic E-state index is 0.222. The Kier molecular flexibility index (Phi) is 5.13. The van der Waals surface area contributed by atoms with E-state index in [9.17, 15) is 0 Å². The fourth-order valence-corrected chi connectivity index (χ4v) is 8.52. The van der Waals surface area contributed by atoms with Crippen LogP contribution in [0.2, 0.25) is 0 Å². The molecule has 1 aliphatic heterocycles. The maximum absolute atomic E-state index is 5.51. The van der Waals surface area contributed by atoms with E-state index in [1.54, 1.807) is 0 Å². The second-order valence-corrected chi connectivity index (χ2v) is 12.7. The van der Waals surface area contributed by atoms with Crippen molar-refractivity contribution in [3.8, 4) is 11.1 Å². The van der Waals surface area contributed by atoms with E-state index in [1.165, 1.54) is 76.8 Å². The molecule has 3 nitrogen and oxygen atoms in total. The van der Waals surface area contributed by atoms with Gasteiger partial charge in [0.2, 0.25) is 0 Å². The summed E-state index contributed by atoms with van der Waals surface area (Å²) in [6.45, 7) is 0. The first-order chi connectivity index (χ1) is 21.8. The predicted molar refractivity (Wildman–Crippen MR) is 184 cm³/mol. The number of aliphatic imine (C=N–C) groups is 1. The fraction of sp³-hybridized carbons (Fsp3) is 0.171. The standard InChI is InChI=1S/C41H31N3/c1-2-11-27-25(10-1)19-20-26-21-22-29(33-14-5-6-15-34-35(43-33)16-9-23-42-34)39-32(38(26)27)24-31-28-12-3-7-17-36(28)44-37-18-8-4-13-30(37)40(39)41(31)44/h1-4,7-13,16-20,23-24,29H,5-6,14-15,21-22H2. The number of hydrogen-bond donors (Lipinski definition) is 0. The summed E-state index contributed by atoms with van der Waals surface area (Å²) in [7, 11) is 0. The molecule has 44 heavy (non-hydrogen) atoms. The van der Waals surface area contributed by atoms with E-state index < -0.39 is 0 Å². The zero-order chi connectivity index (χ0) is 28.8. The Morgan fingerprint density at radius 2 is 1.43 bits per heavy atom. The average Bonchev–Trinajstić information content (AvgIpc) is 3.51. The van der Waals surface area contributed by atoms with Crippen molar-refractivity contribution in [2.75, 3.05) is 0 Å². The minimum absolute atomic E-state index is 0.222. The van der Waals surface area contributed by atoms with Crippen LogP contribution in [0.5, 0.6) is 0 Å². The molecule has 210 valence electrons. The molecule has 0 bridgehead atoms. The third-order valence-corrected chi connectivity index (χ3v) is 10.4. The molecule has 1 aliphatic carbocycles. The van der Waals surface area contributed by atoms with Crippen LogP contribution in [-0.2, 0) is 12.8 Å². The van der Waals surface area contributed by atoms with Crippen LogP contribution in [0.4, 0.5) is 5.69 Å². The van der Waals surface area contributed by atoms with Crippen LogP contribution >= 0.6 is 0 Å². The molecule has 0 saturated heterocycles. The minimum Gasteiger partial charge on any atom is -0.308 e. The van der Waals surface area contributed by atoms with Gasteiger partial charge < -0.3 is 4.40 Å². The first-order valence-electron chi connectivity index (χ1n) is 16.1. The zero-order valence-corrected chi connectivity index (χ0v) is 24.6. The normalized spacial score (nSPS) is 16.9. The second-order valence-electron chi connectivity index (χ2n) is 12.7. The van der Waals surface area contributed by atoms with Gasteiger partial charge in [-0.1, -0.05) is 72.8 Å². The molecule has 0 N–H and O–H groups in total. The number of para-hydroxylation sites is 2. The van der Waals surface area contributed by atoms with E-state index in [2.05, 4.69) is 101 Å². The molecule has 1 unspecified atom stereocenters. The SMILES string of the molecule is c1cnc2c(c1)N=C(C1CCc3ccc4ccccc4c3-c3cc4c5ccccc5n5c6ccccc6c(c31)c45)CCCC2. The van der Waals surface area contributed by atoms with E-state index in [-0.39, 0.29) is 5.92 Å². The van der Waals surface area contributed by atoms with Crippen LogP contribution in [0, 0.1) is 0 Å². The molecule has 3 heteroatoms. The Hall–Kier alpha value is -5.02. The molecule has 0 spiro atoms. The highest BCUT2D eigenvalue weighted by molar-refractivity contribution is 6.27. The van der Waals surface area contributed by atoms with Gasteiger partial charge in [0, 0.05) is 39.4 Å². The lowest BCUT2D eigenvalue weighted by atomic mass is 9.81. The van der Waals surface area contributed by atoms with E-state index in [0.717, 1.165) is 49.9 Å². The summed E-state index contributed by atoms with van der Waals surface area (Å²) in [6.07, 6.45) is 8.33. The summed E-state index contributed by atoms with van der Waals surface area (Å²) in [5.74, 6) is 0.222. The fourth-order valence-electron chi connectivity index (χ4n) is 8.52. The van der Waals surface area contributed by atoms with Crippen LogP contribution in [0.15, 0.2) is 114 Å². The lowest BCUT2D eigenvalue weighted by molar-refractivity contribution is 0.706. The van der Waals surface area contributed by atoms with Gasteiger partial charge in [-0.15, -0.1) is 0 Å². The Balaban J connectivity index is 1.40. The number of aromatic nitrogens is 2. The van der Waals surface area contributed by atoms with Gasteiger partial charge >= 0.3 is 0 Å². The number of fused-ring (bicyclic) bond motifs is 13.